The molecule has 2 aromatic rings. The summed E-state index contributed by atoms with van der Waals surface area (Å²) in [5.74, 6) is 0.153. The molecule has 0 fully saturated rings. The SMILES string of the molecule is CCCOc1cccc(C(=O)NC(=S)Nn2c(C)cc(C)c(C#N)c2=O)c1. The monoisotopic (exact) mass is 384 g/mol. The second kappa shape index (κ2) is 8.96. The van der Waals surface area contributed by atoms with Crippen LogP contribution in [0.3, 0.4) is 0 Å². The van der Waals surface area contributed by atoms with Gasteiger partial charge < -0.3 is 4.74 Å². The Morgan fingerprint density at radius 2 is 2.07 bits per heavy atom. The Kier molecular flexibility index (Phi) is 6.68. The Bertz CT molecular complexity index is 976. The Morgan fingerprint density at radius 3 is 2.74 bits per heavy atom. The lowest BCUT2D eigenvalue weighted by Crippen LogP contribution is -2.43. The zero-order chi connectivity index (χ0) is 20.0. The molecule has 0 saturated heterocycles. The lowest BCUT2D eigenvalue weighted by molar-refractivity contribution is 0.0977. The van der Waals surface area contributed by atoms with Crippen LogP contribution in [0, 0.1) is 25.2 Å². The molecule has 1 aromatic carbocycles. The molecule has 2 rings (SSSR count). The number of aryl methyl sites for hydroxylation is 2. The van der Waals surface area contributed by atoms with E-state index in [1.807, 2.05) is 13.0 Å². The van der Waals surface area contributed by atoms with Crippen LogP contribution in [0.15, 0.2) is 35.1 Å². The van der Waals surface area contributed by atoms with E-state index in [-0.39, 0.29) is 10.7 Å². The highest BCUT2D eigenvalue weighted by molar-refractivity contribution is 7.80. The molecule has 0 aliphatic carbocycles. The minimum Gasteiger partial charge on any atom is -0.494 e. The molecule has 8 heteroatoms. The van der Waals surface area contributed by atoms with Crippen molar-refractivity contribution >= 4 is 23.2 Å². The summed E-state index contributed by atoms with van der Waals surface area (Å²) in [6.45, 7) is 5.93. The van der Waals surface area contributed by atoms with Crippen molar-refractivity contribution in [2.24, 2.45) is 0 Å². The van der Waals surface area contributed by atoms with Gasteiger partial charge in [-0.3, -0.25) is 20.3 Å². The third-order valence-electron chi connectivity index (χ3n) is 3.71. The summed E-state index contributed by atoms with van der Waals surface area (Å²) in [6, 6.07) is 10.3. The lowest BCUT2D eigenvalue weighted by atomic mass is 10.1. The molecule has 0 unspecified atom stereocenters. The van der Waals surface area contributed by atoms with Gasteiger partial charge in [-0.2, -0.15) is 5.26 Å². The highest BCUT2D eigenvalue weighted by Crippen LogP contribution is 2.13. The van der Waals surface area contributed by atoms with Gasteiger partial charge in [0.05, 0.1) is 6.61 Å². The van der Waals surface area contributed by atoms with Gasteiger partial charge in [-0.05, 0) is 62.3 Å². The number of carbonyl (C=O) groups is 1. The molecule has 0 bridgehead atoms. The van der Waals surface area contributed by atoms with Crippen molar-refractivity contribution in [3.8, 4) is 11.8 Å². The molecule has 1 aromatic heterocycles. The van der Waals surface area contributed by atoms with E-state index in [1.165, 1.54) is 0 Å². The molecule has 0 radical (unpaired) electrons. The minimum absolute atomic E-state index is 0.0167. The predicted molar refractivity (Wildman–Crippen MR) is 107 cm³/mol. The molecule has 1 heterocycles. The van der Waals surface area contributed by atoms with Crippen LogP contribution in [-0.2, 0) is 0 Å². The number of nitriles is 1. The maximum absolute atomic E-state index is 12.4. The molecular formula is C19H20N4O3S. The fraction of sp³-hybridized carbons (Fsp3) is 0.263. The molecule has 7 nitrogen and oxygen atoms in total. The van der Waals surface area contributed by atoms with E-state index in [0.717, 1.165) is 11.1 Å². The van der Waals surface area contributed by atoms with E-state index < -0.39 is 11.5 Å². The van der Waals surface area contributed by atoms with Crippen LogP contribution in [0.25, 0.3) is 0 Å². The normalized spacial score (nSPS) is 10.0. The summed E-state index contributed by atoms with van der Waals surface area (Å²) in [6.07, 6.45) is 0.861. The number of carbonyl (C=O) groups excluding carboxylic acids is 1. The first-order valence-electron chi connectivity index (χ1n) is 8.36. The van der Waals surface area contributed by atoms with Crippen molar-refractivity contribution in [2.75, 3.05) is 12.0 Å². The fourth-order valence-corrected chi connectivity index (χ4v) is 2.60. The van der Waals surface area contributed by atoms with Crippen molar-refractivity contribution in [1.29, 1.82) is 5.26 Å². The van der Waals surface area contributed by atoms with Gasteiger partial charge in [-0.25, -0.2) is 4.68 Å². The van der Waals surface area contributed by atoms with Crippen molar-refractivity contribution in [1.82, 2.24) is 9.99 Å². The molecule has 0 saturated carbocycles. The van der Waals surface area contributed by atoms with Gasteiger partial charge in [0.2, 0.25) is 0 Å². The number of pyridine rings is 1. The number of ether oxygens (including phenoxy) is 1. The highest BCUT2D eigenvalue weighted by atomic mass is 32.1. The summed E-state index contributed by atoms with van der Waals surface area (Å²) >= 11 is 5.13. The van der Waals surface area contributed by atoms with Gasteiger partial charge >= 0.3 is 0 Å². The van der Waals surface area contributed by atoms with Gasteiger partial charge in [0, 0.05) is 11.3 Å². The van der Waals surface area contributed by atoms with Gasteiger partial charge in [0.25, 0.3) is 11.5 Å². The van der Waals surface area contributed by atoms with E-state index in [0.29, 0.717) is 29.2 Å². The van der Waals surface area contributed by atoms with Gasteiger partial charge in [0.1, 0.15) is 17.4 Å². The van der Waals surface area contributed by atoms with Crippen LogP contribution in [-0.4, -0.2) is 22.3 Å². The lowest BCUT2D eigenvalue weighted by Gasteiger charge is -2.15. The molecule has 0 aliphatic rings. The third-order valence-corrected chi connectivity index (χ3v) is 3.90. The molecule has 0 aliphatic heterocycles. The number of hydrogen-bond donors (Lipinski definition) is 2. The molecule has 2 N–H and O–H groups in total. The van der Waals surface area contributed by atoms with E-state index in [4.69, 9.17) is 22.2 Å². The molecule has 0 spiro atoms. The molecule has 1 amide bonds. The van der Waals surface area contributed by atoms with Gasteiger partial charge in [-0.15, -0.1) is 0 Å². The van der Waals surface area contributed by atoms with Crippen molar-refractivity contribution in [3.05, 3.63) is 63.1 Å². The predicted octanol–water partition coefficient (Wildman–Crippen LogP) is 2.38. The third kappa shape index (κ3) is 4.92. The molecule has 140 valence electrons. The number of hydrogen-bond acceptors (Lipinski definition) is 5. The standard InChI is InChI=1S/C19H20N4O3S/c1-4-8-26-15-7-5-6-14(10-15)17(24)21-19(27)22-23-13(3)9-12(2)16(11-20)18(23)25/h5-7,9-10H,4,8H2,1-3H3,(H2,21,22,24,27). The summed E-state index contributed by atoms with van der Waals surface area (Å²) in [7, 11) is 0. The topological polar surface area (TPSA) is 96.2 Å². The van der Waals surface area contributed by atoms with Crippen LogP contribution < -0.4 is 21.0 Å². The molecular weight excluding hydrogens is 364 g/mol. The smallest absolute Gasteiger partial charge is 0.287 e. The number of aromatic nitrogens is 1. The van der Waals surface area contributed by atoms with Crippen LogP contribution in [0.4, 0.5) is 0 Å². The Labute approximate surface area is 162 Å². The Balaban J connectivity index is 2.14. The van der Waals surface area contributed by atoms with Crippen molar-refractivity contribution < 1.29 is 9.53 Å². The quantitative estimate of drug-likeness (QED) is 0.769. The van der Waals surface area contributed by atoms with E-state index in [2.05, 4.69) is 10.7 Å². The number of thiocarbonyl (C=S) groups is 1. The summed E-state index contributed by atoms with van der Waals surface area (Å²) < 4.78 is 6.64. The maximum Gasteiger partial charge on any atom is 0.287 e. The highest BCUT2D eigenvalue weighted by Gasteiger charge is 2.13. The fourth-order valence-electron chi connectivity index (χ4n) is 2.42. The van der Waals surface area contributed by atoms with Crippen LogP contribution in [0.1, 0.15) is 40.5 Å². The zero-order valence-electron chi connectivity index (χ0n) is 15.3. The average Bonchev–Trinajstić information content (AvgIpc) is 2.64. The summed E-state index contributed by atoms with van der Waals surface area (Å²) in [5.41, 5.74) is 3.65. The Hall–Kier alpha value is -3.18. The van der Waals surface area contributed by atoms with Gasteiger partial charge in [-0.1, -0.05) is 13.0 Å². The first-order chi connectivity index (χ1) is 12.9. The summed E-state index contributed by atoms with van der Waals surface area (Å²) in [4.78, 5) is 24.8. The number of rotatable bonds is 5. The zero-order valence-corrected chi connectivity index (χ0v) is 16.1. The average molecular weight is 384 g/mol. The first kappa shape index (κ1) is 20.1. The number of amides is 1. The van der Waals surface area contributed by atoms with E-state index >= 15 is 0 Å². The molecule has 0 atom stereocenters. The Morgan fingerprint density at radius 1 is 1.33 bits per heavy atom. The van der Waals surface area contributed by atoms with Crippen molar-refractivity contribution in [2.45, 2.75) is 27.2 Å². The number of nitrogens with zero attached hydrogens (tertiary/aromatic N) is 2. The van der Waals surface area contributed by atoms with E-state index in [1.54, 1.807) is 44.2 Å². The summed E-state index contributed by atoms with van der Waals surface area (Å²) in [5, 5.41) is 11.6. The van der Waals surface area contributed by atoms with Crippen LogP contribution in [0.5, 0.6) is 5.75 Å². The molecule has 27 heavy (non-hydrogen) atoms. The second-order valence-electron chi connectivity index (χ2n) is 5.87. The first-order valence-corrected chi connectivity index (χ1v) is 8.76. The largest absolute Gasteiger partial charge is 0.494 e. The number of benzene rings is 1. The van der Waals surface area contributed by atoms with Crippen LogP contribution in [0.2, 0.25) is 0 Å². The van der Waals surface area contributed by atoms with E-state index in [9.17, 15) is 9.59 Å². The minimum atomic E-state index is -0.526. The maximum atomic E-state index is 12.4. The number of nitrogens with one attached hydrogen (secondary N) is 2. The van der Waals surface area contributed by atoms with Crippen molar-refractivity contribution in [3.63, 3.8) is 0 Å². The van der Waals surface area contributed by atoms with Crippen LogP contribution >= 0.6 is 12.2 Å². The van der Waals surface area contributed by atoms with Gasteiger partial charge in [0.15, 0.2) is 5.11 Å². The second-order valence-corrected chi connectivity index (χ2v) is 6.28.